The minimum absolute atomic E-state index is 0.106. The summed E-state index contributed by atoms with van der Waals surface area (Å²) in [7, 11) is 0. The summed E-state index contributed by atoms with van der Waals surface area (Å²) in [5.74, 6) is -0.106. The van der Waals surface area contributed by atoms with Gasteiger partial charge in [-0.05, 0) is 51.8 Å². The van der Waals surface area contributed by atoms with E-state index in [2.05, 4.69) is 10.4 Å². The van der Waals surface area contributed by atoms with Crippen molar-refractivity contribution in [3.05, 3.63) is 45.7 Å². The number of rotatable bonds is 3. The lowest BCUT2D eigenvalue weighted by Crippen LogP contribution is -2.25. The quantitative estimate of drug-likeness (QED) is 0.932. The molecule has 0 aliphatic carbocycles. The van der Waals surface area contributed by atoms with E-state index in [1.807, 2.05) is 52.8 Å². The predicted octanol–water partition coefficient (Wildman–Crippen LogP) is 3.97. The van der Waals surface area contributed by atoms with E-state index in [-0.39, 0.29) is 5.91 Å². The summed E-state index contributed by atoms with van der Waals surface area (Å²) >= 11 is 6.14. The van der Waals surface area contributed by atoms with Gasteiger partial charge in [-0.15, -0.1) is 0 Å². The Morgan fingerprint density at radius 3 is 2.52 bits per heavy atom. The van der Waals surface area contributed by atoms with Crippen LogP contribution in [0.4, 0.5) is 5.69 Å². The SMILES string of the molecule is Cc1ccc(C)c(NC(=O)C(C)n2nc(C)c(Cl)c2C)c1. The van der Waals surface area contributed by atoms with Crippen LogP contribution in [0.3, 0.4) is 0 Å². The van der Waals surface area contributed by atoms with E-state index in [9.17, 15) is 4.79 Å². The fourth-order valence-electron chi connectivity index (χ4n) is 2.24. The first-order valence-electron chi connectivity index (χ1n) is 6.90. The number of aromatic nitrogens is 2. The van der Waals surface area contributed by atoms with Gasteiger partial charge in [0.25, 0.3) is 0 Å². The van der Waals surface area contributed by atoms with Crippen molar-refractivity contribution in [1.29, 1.82) is 0 Å². The molecule has 0 saturated carbocycles. The highest BCUT2D eigenvalue weighted by molar-refractivity contribution is 6.31. The van der Waals surface area contributed by atoms with Crippen molar-refractivity contribution in [2.45, 2.75) is 40.7 Å². The van der Waals surface area contributed by atoms with Crippen LogP contribution in [0.1, 0.15) is 35.5 Å². The third kappa shape index (κ3) is 3.10. The van der Waals surface area contributed by atoms with Crippen molar-refractivity contribution in [3.8, 4) is 0 Å². The van der Waals surface area contributed by atoms with Gasteiger partial charge in [-0.25, -0.2) is 0 Å². The predicted molar refractivity (Wildman–Crippen MR) is 86.0 cm³/mol. The number of hydrogen-bond acceptors (Lipinski definition) is 2. The van der Waals surface area contributed by atoms with Crippen LogP contribution in [0.25, 0.3) is 0 Å². The average Bonchev–Trinajstić information content (AvgIpc) is 2.69. The second-order valence-corrected chi connectivity index (χ2v) is 5.79. The summed E-state index contributed by atoms with van der Waals surface area (Å²) in [4.78, 5) is 12.4. The first-order chi connectivity index (χ1) is 9.81. The van der Waals surface area contributed by atoms with Gasteiger partial charge < -0.3 is 5.32 Å². The van der Waals surface area contributed by atoms with E-state index in [4.69, 9.17) is 11.6 Å². The molecule has 21 heavy (non-hydrogen) atoms. The molecule has 1 atom stereocenters. The Bertz CT molecular complexity index is 691. The summed E-state index contributed by atoms with van der Waals surface area (Å²) in [5, 5.41) is 7.91. The molecule has 1 unspecified atom stereocenters. The third-order valence-electron chi connectivity index (χ3n) is 3.63. The Kier molecular flexibility index (Phi) is 4.37. The number of nitrogens with one attached hydrogen (secondary N) is 1. The number of anilines is 1. The van der Waals surface area contributed by atoms with Gasteiger partial charge in [-0.2, -0.15) is 5.10 Å². The Hall–Kier alpha value is -1.81. The van der Waals surface area contributed by atoms with Gasteiger partial charge in [0.2, 0.25) is 5.91 Å². The molecular weight excluding hydrogens is 286 g/mol. The van der Waals surface area contributed by atoms with Crippen LogP contribution in [0, 0.1) is 27.7 Å². The van der Waals surface area contributed by atoms with Crippen LogP contribution in [0.2, 0.25) is 5.02 Å². The maximum absolute atomic E-state index is 12.4. The molecule has 0 fully saturated rings. The minimum Gasteiger partial charge on any atom is -0.324 e. The Labute approximate surface area is 130 Å². The number of benzene rings is 1. The van der Waals surface area contributed by atoms with E-state index >= 15 is 0 Å². The van der Waals surface area contributed by atoms with Crippen LogP contribution in [-0.2, 0) is 4.79 Å². The zero-order valence-corrected chi connectivity index (χ0v) is 13.7. The van der Waals surface area contributed by atoms with Crippen molar-refractivity contribution in [2.75, 3.05) is 5.32 Å². The maximum atomic E-state index is 12.4. The zero-order valence-electron chi connectivity index (χ0n) is 13.0. The van der Waals surface area contributed by atoms with Crippen LogP contribution in [-0.4, -0.2) is 15.7 Å². The summed E-state index contributed by atoms with van der Waals surface area (Å²) in [6.07, 6.45) is 0. The number of amides is 1. The molecule has 1 heterocycles. The monoisotopic (exact) mass is 305 g/mol. The molecule has 5 heteroatoms. The molecule has 1 aromatic heterocycles. The standard InChI is InChI=1S/C16H20ClN3O/c1-9-6-7-10(2)14(8-9)18-16(21)13(5)20-12(4)15(17)11(3)19-20/h6-8,13H,1-5H3,(H,18,21). The highest BCUT2D eigenvalue weighted by Gasteiger charge is 2.21. The van der Waals surface area contributed by atoms with Crippen LogP contribution < -0.4 is 5.32 Å². The zero-order chi connectivity index (χ0) is 15.7. The highest BCUT2D eigenvalue weighted by atomic mass is 35.5. The molecular formula is C16H20ClN3O. The summed E-state index contributed by atoms with van der Waals surface area (Å²) in [6.45, 7) is 9.49. The van der Waals surface area contributed by atoms with Crippen LogP contribution in [0.15, 0.2) is 18.2 Å². The number of hydrogen-bond donors (Lipinski definition) is 1. The summed E-state index contributed by atoms with van der Waals surface area (Å²) in [6, 6.07) is 5.56. The van der Waals surface area contributed by atoms with E-state index in [1.54, 1.807) is 4.68 Å². The Morgan fingerprint density at radius 2 is 1.95 bits per heavy atom. The van der Waals surface area contributed by atoms with Gasteiger partial charge in [0, 0.05) is 5.69 Å². The van der Waals surface area contributed by atoms with Crippen LogP contribution in [0.5, 0.6) is 0 Å². The van der Waals surface area contributed by atoms with Gasteiger partial charge >= 0.3 is 0 Å². The molecule has 0 radical (unpaired) electrons. The van der Waals surface area contributed by atoms with E-state index in [0.717, 1.165) is 28.2 Å². The van der Waals surface area contributed by atoms with Crippen LogP contribution >= 0.6 is 11.6 Å². The number of carbonyl (C=O) groups is 1. The minimum atomic E-state index is -0.420. The van der Waals surface area contributed by atoms with E-state index in [0.29, 0.717) is 5.02 Å². The second kappa shape index (κ2) is 5.90. The third-order valence-corrected chi connectivity index (χ3v) is 4.18. The molecule has 1 amide bonds. The Morgan fingerprint density at radius 1 is 1.29 bits per heavy atom. The largest absolute Gasteiger partial charge is 0.324 e. The maximum Gasteiger partial charge on any atom is 0.248 e. The van der Waals surface area contributed by atoms with Crippen molar-refractivity contribution in [3.63, 3.8) is 0 Å². The number of halogens is 1. The summed E-state index contributed by atoms with van der Waals surface area (Å²) in [5.41, 5.74) is 4.52. The molecule has 2 rings (SSSR count). The highest BCUT2D eigenvalue weighted by Crippen LogP contribution is 2.23. The topological polar surface area (TPSA) is 46.9 Å². The molecule has 0 aliphatic rings. The van der Waals surface area contributed by atoms with Gasteiger partial charge in [0.05, 0.1) is 16.4 Å². The van der Waals surface area contributed by atoms with Crippen molar-refractivity contribution < 1.29 is 4.79 Å². The van der Waals surface area contributed by atoms with Gasteiger partial charge in [-0.3, -0.25) is 9.48 Å². The lowest BCUT2D eigenvalue weighted by atomic mass is 10.1. The van der Waals surface area contributed by atoms with Gasteiger partial charge in [0.1, 0.15) is 6.04 Å². The lowest BCUT2D eigenvalue weighted by molar-refractivity contribution is -0.119. The molecule has 1 N–H and O–H groups in total. The molecule has 0 aliphatic heterocycles. The van der Waals surface area contributed by atoms with E-state index < -0.39 is 6.04 Å². The van der Waals surface area contributed by atoms with Crippen molar-refractivity contribution in [2.24, 2.45) is 0 Å². The fraction of sp³-hybridized carbons (Fsp3) is 0.375. The molecule has 2 aromatic rings. The smallest absolute Gasteiger partial charge is 0.248 e. The Balaban J connectivity index is 2.23. The van der Waals surface area contributed by atoms with Crippen molar-refractivity contribution >= 4 is 23.2 Å². The lowest BCUT2D eigenvalue weighted by Gasteiger charge is -2.16. The molecule has 0 spiro atoms. The second-order valence-electron chi connectivity index (χ2n) is 5.41. The first-order valence-corrected chi connectivity index (χ1v) is 7.28. The molecule has 4 nitrogen and oxygen atoms in total. The fourth-order valence-corrected chi connectivity index (χ4v) is 2.36. The average molecular weight is 306 g/mol. The van der Waals surface area contributed by atoms with Gasteiger partial charge in [-0.1, -0.05) is 23.7 Å². The van der Waals surface area contributed by atoms with Crippen molar-refractivity contribution in [1.82, 2.24) is 9.78 Å². The molecule has 112 valence electrons. The van der Waals surface area contributed by atoms with E-state index in [1.165, 1.54) is 0 Å². The van der Waals surface area contributed by atoms with Gasteiger partial charge in [0.15, 0.2) is 0 Å². The molecule has 0 saturated heterocycles. The molecule has 1 aromatic carbocycles. The number of aryl methyl sites for hydroxylation is 3. The molecule has 0 bridgehead atoms. The number of carbonyl (C=O) groups excluding carboxylic acids is 1. The first kappa shape index (κ1) is 15.6. The summed E-state index contributed by atoms with van der Waals surface area (Å²) < 4.78 is 1.66. The number of nitrogens with zero attached hydrogens (tertiary/aromatic N) is 2. The normalized spacial score (nSPS) is 12.3.